The predicted molar refractivity (Wildman–Crippen MR) is 66.1 cm³/mol. The number of nitrogens with one attached hydrogen (secondary N) is 2. The molecule has 1 heterocycles. The molecule has 0 saturated carbocycles. The zero-order valence-electron chi connectivity index (χ0n) is 9.65. The van der Waals surface area contributed by atoms with E-state index in [2.05, 4.69) is 10.4 Å². The van der Waals surface area contributed by atoms with Crippen LogP contribution in [0.5, 0.6) is 0 Å². The summed E-state index contributed by atoms with van der Waals surface area (Å²) in [4.78, 5) is 22.8. The van der Waals surface area contributed by atoms with E-state index >= 15 is 0 Å². The Hall–Kier alpha value is -2.30. The maximum Gasteiger partial charge on any atom is 0.284 e. The fourth-order valence-electron chi connectivity index (χ4n) is 1.63. The van der Waals surface area contributed by atoms with E-state index in [0.717, 1.165) is 5.56 Å². The lowest BCUT2D eigenvalue weighted by Gasteiger charge is -2.01. The molecule has 0 atom stereocenters. The molecule has 2 rings (SSSR count). The van der Waals surface area contributed by atoms with Gasteiger partial charge in [-0.25, -0.2) is 4.68 Å². The van der Waals surface area contributed by atoms with Crippen LogP contribution in [-0.4, -0.2) is 23.1 Å². The molecule has 0 bridgehead atoms. The highest BCUT2D eigenvalue weighted by molar-refractivity contribution is 5.82. The second-order valence-electron chi connectivity index (χ2n) is 3.74. The molecule has 2 N–H and O–H groups in total. The molecule has 0 aliphatic rings. The molecule has 0 fully saturated rings. The third-order valence-electron chi connectivity index (χ3n) is 2.59. The van der Waals surface area contributed by atoms with Crippen molar-refractivity contribution < 1.29 is 4.79 Å². The Morgan fingerprint density at radius 1 is 1.29 bits per heavy atom. The molecule has 0 aliphatic carbocycles. The van der Waals surface area contributed by atoms with Crippen molar-refractivity contribution >= 4 is 12.1 Å². The summed E-state index contributed by atoms with van der Waals surface area (Å²) in [5, 5.41) is 5.63. The number of benzene rings is 1. The van der Waals surface area contributed by atoms with Crippen LogP contribution in [-0.2, 0) is 0 Å². The van der Waals surface area contributed by atoms with Gasteiger partial charge in [-0.2, -0.15) is 0 Å². The molecule has 0 aliphatic heterocycles. The topological polar surface area (TPSA) is 66.9 Å². The van der Waals surface area contributed by atoms with E-state index in [4.69, 9.17) is 0 Å². The fourth-order valence-corrected chi connectivity index (χ4v) is 1.63. The Labute approximate surface area is 98.1 Å². The summed E-state index contributed by atoms with van der Waals surface area (Å²) in [5.74, 6) is 0.422. The summed E-state index contributed by atoms with van der Waals surface area (Å²) >= 11 is 0. The Morgan fingerprint density at radius 2 is 1.94 bits per heavy atom. The lowest BCUT2D eigenvalue weighted by Crippen LogP contribution is -2.16. The van der Waals surface area contributed by atoms with Crippen LogP contribution < -0.4 is 10.9 Å². The van der Waals surface area contributed by atoms with Gasteiger partial charge in [0.25, 0.3) is 5.56 Å². The molecule has 88 valence electrons. The van der Waals surface area contributed by atoms with Crippen LogP contribution in [0.2, 0.25) is 0 Å². The number of aromatic nitrogens is 2. The third-order valence-corrected chi connectivity index (χ3v) is 2.59. The summed E-state index contributed by atoms with van der Waals surface area (Å²) in [6, 6.07) is 7.45. The number of carbonyl (C=O) groups excluding carboxylic acids is 1. The molecule has 17 heavy (non-hydrogen) atoms. The fraction of sp³-hybridized carbons (Fsp3) is 0.167. The highest BCUT2D eigenvalue weighted by Gasteiger charge is 2.13. The normalized spacial score (nSPS) is 10.2. The first-order chi connectivity index (χ1) is 8.17. The molecule has 0 amide bonds. The highest BCUT2D eigenvalue weighted by atomic mass is 16.1. The Morgan fingerprint density at radius 3 is 2.41 bits per heavy atom. The Kier molecular flexibility index (Phi) is 2.82. The summed E-state index contributed by atoms with van der Waals surface area (Å²) in [6.07, 6.45) is 0.551. The van der Waals surface area contributed by atoms with E-state index < -0.39 is 0 Å². The lowest BCUT2D eigenvalue weighted by molar-refractivity contribution is 0.112. The minimum absolute atomic E-state index is 0.105. The average molecular weight is 231 g/mol. The molecule has 0 unspecified atom stereocenters. The van der Waals surface area contributed by atoms with Crippen molar-refractivity contribution in [3.63, 3.8) is 0 Å². The summed E-state index contributed by atoms with van der Waals surface area (Å²) < 4.78 is 1.34. The van der Waals surface area contributed by atoms with E-state index in [1.54, 1.807) is 7.05 Å². The number of aryl methyl sites for hydroxylation is 1. The molecular formula is C12H13N3O2. The smallest absolute Gasteiger partial charge is 0.284 e. The average Bonchev–Trinajstić information content (AvgIpc) is 2.66. The SMILES string of the molecule is CNc1[nH]n(-c2ccc(C)cc2)c(=O)c1C=O. The van der Waals surface area contributed by atoms with E-state index in [9.17, 15) is 9.59 Å². The number of hydrogen-bond donors (Lipinski definition) is 2. The van der Waals surface area contributed by atoms with Crippen LogP contribution in [0, 0.1) is 6.92 Å². The van der Waals surface area contributed by atoms with Crippen LogP contribution >= 0.6 is 0 Å². The molecule has 5 heteroatoms. The van der Waals surface area contributed by atoms with E-state index in [0.29, 0.717) is 17.8 Å². The van der Waals surface area contributed by atoms with Gasteiger partial charge >= 0.3 is 0 Å². The lowest BCUT2D eigenvalue weighted by atomic mass is 10.2. The first-order valence-corrected chi connectivity index (χ1v) is 5.22. The summed E-state index contributed by atoms with van der Waals surface area (Å²) in [6.45, 7) is 1.97. The second-order valence-corrected chi connectivity index (χ2v) is 3.74. The highest BCUT2D eigenvalue weighted by Crippen LogP contribution is 2.10. The largest absolute Gasteiger partial charge is 0.373 e. The van der Waals surface area contributed by atoms with Gasteiger partial charge in [-0.1, -0.05) is 17.7 Å². The molecular weight excluding hydrogens is 218 g/mol. The maximum atomic E-state index is 11.9. The zero-order chi connectivity index (χ0) is 12.4. The minimum atomic E-state index is -0.354. The van der Waals surface area contributed by atoms with E-state index in [1.807, 2.05) is 31.2 Å². The number of anilines is 1. The number of nitrogens with zero attached hydrogens (tertiary/aromatic N) is 1. The van der Waals surface area contributed by atoms with Gasteiger partial charge in [-0.15, -0.1) is 0 Å². The van der Waals surface area contributed by atoms with Gasteiger partial charge in [0.1, 0.15) is 11.4 Å². The molecule has 2 aromatic rings. The van der Waals surface area contributed by atoms with Gasteiger partial charge in [0.05, 0.1) is 5.69 Å². The van der Waals surface area contributed by atoms with Crippen molar-refractivity contribution in [2.24, 2.45) is 0 Å². The van der Waals surface area contributed by atoms with Crippen LogP contribution in [0.1, 0.15) is 15.9 Å². The Balaban J connectivity index is 2.60. The number of H-pyrrole nitrogens is 1. The van der Waals surface area contributed by atoms with Gasteiger partial charge in [0.15, 0.2) is 6.29 Å². The molecule has 1 aromatic heterocycles. The van der Waals surface area contributed by atoms with Crippen molar-refractivity contribution in [1.82, 2.24) is 9.78 Å². The number of hydrogen-bond acceptors (Lipinski definition) is 3. The number of aldehydes is 1. The van der Waals surface area contributed by atoms with Crippen LogP contribution in [0.15, 0.2) is 29.1 Å². The van der Waals surface area contributed by atoms with Crippen molar-refractivity contribution in [3.05, 3.63) is 45.7 Å². The van der Waals surface area contributed by atoms with Gasteiger partial charge in [-0.05, 0) is 19.1 Å². The number of rotatable bonds is 3. The van der Waals surface area contributed by atoms with Gasteiger partial charge in [-0.3, -0.25) is 14.7 Å². The molecule has 0 saturated heterocycles. The third kappa shape index (κ3) is 1.87. The zero-order valence-corrected chi connectivity index (χ0v) is 9.65. The van der Waals surface area contributed by atoms with Crippen molar-refractivity contribution in [2.75, 3.05) is 12.4 Å². The first-order valence-electron chi connectivity index (χ1n) is 5.22. The standard InChI is InChI=1S/C12H13N3O2/c1-8-3-5-9(6-4-8)15-12(17)10(7-16)11(13-2)14-15/h3-7,13-14H,1-2H3. The number of aromatic amines is 1. The van der Waals surface area contributed by atoms with Crippen molar-refractivity contribution in [1.29, 1.82) is 0 Å². The molecule has 0 radical (unpaired) electrons. The number of carbonyl (C=O) groups is 1. The summed E-state index contributed by atoms with van der Waals surface area (Å²) in [5.41, 5.74) is 1.56. The second kappa shape index (κ2) is 4.29. The molecule has 5 nitrogen and oxygen atoms in total. The first kappa shape index (κ1) is 11.2. The molecule has 0 spiro atoms. The van der Waals surface area contributed by atoms with Gasteiger partial charge in [0, 0.05) is 7.05 Å². The quantitative estimate of drug-likeness (QED) is 0.783. The van der Waals surface area contributed by atoms with Crippen LogP contribution in [0.25, 0.3) is 5.69 Å². The summed E-state index contributed by atoms with van der Waals surface area (Å²) in [7, 11) is 1.65. The van der Waals surface area contributed by atoms with Gasteiger partial charge < -0.3 is 5.32 Å². The monoisotopic (exact) mass is 231 g/mol. The maximum absolute atomic E-state index is 11.9. The minimum Gasteiger partial charge on any atom is -0.373 e. The predicted octanol–water partition coefficient (Wildman–Crippen LogP) is 1.33. The van der Waals surface area contributed by atoms with Gasteiger partial charge in [0.2, 0.25) is 0 Å². The van der Waals surface area contributed by atoms with Crippen LogP contribution in [0.4, 0.5) is 5.82 Å². The molecule has 1 aromatic carbocycles. The van der Waals surface area contributed by atoms with Crippen LogP contribution in [0.3, 0.4) is 0 Å². The van der Waals surface area contributed by atoms with Crippen molar-refractivity contribution in [3.8, 4) is 5.69 Å². The van der Waals surface area contributed by atoms with E-state index in [1.165, 1.54) is 4.68 Å². The Bertz CT molecular complexity index is 593. The van der Waals surface area contributed by atoms with E-state index in [-0.39, 0.29) is 11.1 Å². The van der Waals surface area contributed by atoms with Crippen molar-refractivity contribution in [2.45, 2.75) is 6.92 Å².